The highest BCUT2D eigenvalue weighted by atomic mass is 32.1. The minimum absolute atomic E-state index is 0.832. The first-order valence-electron chi connectivity index (χ1n) is 20.2. The predicted octanol–water partition coefficient (Wildman–Crippen LogP) is 15.5. The van der Waals surface area contributed by atoms with Crippen LogP contribution >= 0.6 is 11.3 Å². The molecule has 0 saturated carbocycles. The Kier molecular flexibility index (Phi) is 7.92. The van der Waals surface area contributed by atoms with Crippen LogP contribution in [0.5, 0.6) is 0 Å². The van der Waals surface area contributed by atoms with Gasteiger partial charge in [0.25, 0.3) is 0 Å². The molecular formula is C54H39N3S. The first-order chi connectivity index (χ1) is 28.6. The van der Waals surface area contributed by atoms with Crippen molar-refractivity contribution in [3.63, 3.8) is 0 Å². The highest BCUT2D eigenvalue weighted by molar-refractivity contribution is 7.25. The van der Waals surface area contributed by atoms with Crippen LogP contribution in [0.3, 0.4) is 0 Å². The van der Waals surface area contributed by atoms with Gasteiger partial charge in [0.2, 0.25) is 0 Å². The van der Waals surface area contributed by atoms with E-state index in [2.05, 4.69) is 182 Å². The fraction of sp³-hybridized carbons (Fsp3) is 0.0741. The van der Waals surface area contributed by atoms with Gasteiger partial charge in [0, 0.05) is 41.9 Å². The average Bonchev–Trinajstić information content (AvgIpc) is 3.83. The molecule has 276 valence electrons. The lowest BCUT2D eigenvalue weighted by molar-refractivity contribution is 1.08. The van der Waals surface area contributed by atoms with E-state index in [0.29, 0.717) is 0 Å². The molecule has 9 aromatic carbocycles. The number of para-hydroxylation sites is 1. The van der Waals surface area contributed by atoms with E-state index in [1.165, 1.54) is 74.7 Å². The summed E-state index contributed by atoms with van der Waals surface area (Å²) in [5, 5.41) is 12.2. The van der Waals surface area contributed by atoms with Crippen LogP contribution in [0.2, 0.25) is 0 Å². The van der Waals surface area contributed by atoms with Gasteiger partial charge in [-0.2, -0.15) is 0 Å². The van der Waals surface area contributed by atoms with Crippen LogP contribution in [-0.2, 0) is 0 Å². The number of benzene rings is 9. The van der Waals surface area contributed by atoms with E-state index in [9.17, 15) is 0 Å². The van der Waals surface area contributed by atoms with Gasteiger partial charge >= 0.3 is 0 Å². The molecule has 0 spiro atoms. The van der Waals surface area contributed by atoms with Gasteiger partial charge in [-0.3, -0.25) is 4.57 Å². The minimum atomic E-state index is 0.832. The third-order valence-corrected chi connectivity index (χ3v) is 13.0. The molecule has 0 unspecified atom stereocenters. The number of rotatable bonds is 3. The Labute approximate surface area is 340 Å². The number of nitrogens with zero attached hydrogens (tertiary/aromatic N) is 3. The number of aromatic nitrogens is 3. The maximum atomic E-state index is 5.74. The number of thiophene rings is 1. The summed E-state index contributed by atoms with van der Waals surface area (Å²) in [6, 6.07) is 59.5. The molecule has 3 nitrogen and oxygen atoms in total. The molecule has 0 amide bonds. The molecule has 0 fully saturated rings. The lowest BCUT2D eigenvalue weighted by Gasteiger charge is -2.19. The smallest absolute Gasteiger partial charge is 0.165 e. The fourth-order valence-corrected chi connectivity index (χ4v) is 10.4. The van der Waals surface area contributed by atoms with Gasteiger partial charge in [0.15, 0.2) is 5.82 Å². The van der Waals surface area contributed by atoms with Crippen molar-refractivity contribution < 1.29 is 0 Å². The van der Waals surface area contributed by atoms with Crippen LogP contribution in [-0.4, -0.2) is 14.5 Å². The van der Waals surface area contributed by atoms with Gasteiger partial charge in [-0.1, -0.05) is 141 Å². The third-order valence-electron chi connectivity index (χ3n) is 11.8. The second-order valence-electron chi connectivity index (χ2n) is 15.0. The van der Waals surface area contributed by atoms with Crippen molar-refractivity contribution in [3.8, 4) is 28.2 Å². The zero-order valence-corrected chi connectivity index (χ0v) is 33.7. The molecule has 0 atom stereocenters. The maximum absolute atomic E-state index is 5.74. The Hall–Kier alpha value is -6.88. The van der Waals surface area contributed by atoms with E-state index >= 15 is 0 Å². The number of hydrogen-bond donors (Lipinski definition) is 0. The second kappa shape index (κ2) is 13.4. The van der Waals surface area contributed by atoms with Crippen LogP contribution < -0.4 is 0 Å². The second-order valence-corrected chi connectivity index (χ2v) is 16.1. The third kappa shape index (κ3) is 5.05. The molecule has 3 aromatic heterocycles. The summed E-state index contributed by atoms with van der Waals surface area (Å²) < 4.78 is 4.98. The standard InChI is InChI=1S/C52H33N3S.C2H6/c1-30-27-33-14-3-4-15-34(33)28-41(30)47-31(2)51-48(39-19-8-7-18-38(39)47)40-20-9-11-21-44(40)55(51)52-49(53-43-25-23-32-13-5-6-16-36(32)50(43)54-52)35-24-26-46-42(29-35)37-17-10-12-22-45(37)56-46;1-2/h3-29H,1-2H3;1-2H3. The van der Waals surface area contributed by atoms with Crippen molar-refractivity contribution in [1.29, 1.82) is 0 Å². The van der Waals surface area contributed by atoms with Gasteiger partial charge in [0.1, 0.15) is 5.69 Å². The molecule has 0 bridgehead atoms. The van der Waals surface area contributed by atoms with E-state index in [-0.39, 0.29) is 0 Å². The number of hydrogen-bond acceptors (Lipinski definition) is 3. The predicted molar refractivity (Wildman–Crippen MR) is 251 cm³/mol. The average molecular weight is 762 g/mol. The van der Waals surface area contributed by atoms with E-state index in [1.807, 2.05) is 25.2 Å². The molecule has 12 aromatic rings. The van der Waals surface area contributed by atoms with Crippen molar-refractivity contribution in [2.75, 3.05) is 0 Å². The lowest BCUT2D eigenvalue weighted by atomic mass is 9.87. The SMILES string of the molecule is CC.Cc1cc2ccccc2cc1-c1c(C)c2c(c3ccccc13)c1ccccc1n2-c1nc2c(ccc3ccccc32)nc1-c1ccc2sc3ccccc3c2c1. The Morgan fingerprint density at radius 2 is 1.14 bits per heavy atom. The van der Waals surface area contributed by atoms with Crippen LogP contribution in [0.25, 0.3) is 114 Å². The molecule has 0 aliphatic heterocycles. The summed E-state index contributed by atoms with van der Waals surface area (Å²) >= 11 is 1.84. The van der Waals surface area contributed by atoms with Gasteiger partial charge in [0.05, 0.1) is 22.1 Å². The summed E-state index contributed by atoms with van der Waals surface area (Å²) in [7, 11) is 0. The first kappa shape index (κ1) is 34.4. The molecule has 0 aliphatic rings. The summed E-state index contributed by atoms with van der Waals surface area (Å²) in [5.41, 5.74) is 11.0. The molecule has 0 aliphatic carbocycles. The van der Waals surface area contributed by atoms with Crippen LogP contribution in [0.1, 0.15) is 25.0 Å². The molecule has 3 heterocycles. The molecule has 0 N–H and O–H groups in total. The molecular weight excluding hydrogens is 723 g/mol. The Morgan fingerprint density at radius 3 is 1.95 bits per heavy atom. The fourth-order valence-electron chi connectivity index (χ4n) is 9.30. The van der Waals surface area contributed by atoms with Gasteiger partial charge in [-0.15, -0.1) is 11.3 Å². The lowest BCUT2D eigenvalue weighted by Crippen LogP contribution is -2.05. The summed E-state index contributed by atoms with van der Waals surface area (Å²) in [4.78, 5) is 11.3. The quantitative estimate of drug-likeness (QED) is 0.168. The summed E-state index contributed by atoms with van der Waals surface area (Å²) in [5.74, 6) is 0.832. The van der Waals surface area contributed by atoms with Crippen molar-refractivity contribution in [1.82, 2.24) is 14.5 Å². The van der Waals surface area contributed by atoms with Crippen molar-refractivity contribution >= 4 is 96.7 Å². The number of aryl methyl sites for hydroxylation is 2. The Bertz CT molecular complexity index is 3630. The minimum Gasteiger partial charge on any atom is -0.292 e. The van der Waals surface area contributed by atoms with E-state index in [1.54, 1.807) is 0 Å². The zero-order chi connectivity index (χ0) is 39.1. The molecule has 4 heteroatoms. The van der Waals surface area contributed by atoms with Gasteiger partial charge in [-0.05, 0) is 99.4 Å². The van der Waals surface area contributed by atoms with E-state index in [0.717, 1.165) is 49.9 Å². The summed E-state index contributed by atoms with van der Waals surface area (Å²) in [6.07, 6.45) is 0. The Morgan fingerprint density at radius 1 is 0.500 bits per heavy atom. The number of fused-ring (bicyclic) bond motifs is 12. The maximum Gasteiger partial charge on any atom is 0.165 e. The molecule has 0 saturated heterocycles. The first-order valence-corrected chi connectivity index (χ1v) is 21.0. The largest absolute Gasteiger partial charge is 0.292 e. The molecule has 58 heavy (non-hydrogen) atoms. The molecule has 0 radical (unpaired) electrons. The zero-order valence-electron chi connectivity index (χ0n) is 32.8. The van der Waals surface area contributed by atoms with Crippen LogP contribution in [0, 0.1) is 13.8 Å². The van der Waals surface area contributed by atoms with E-state index in [4.69, 9.17) is 9.97 Å². The van der Waals surface area contributed by atoms with Crippen molar-refractivity contribution in [2.45, 2.75) is 27.7 Å². The van der Waals surface area contributed by atoms with Crippen LogP contribution in [0.15, 0.2) is 164 Å². The van der Waals surface area contributed by atoms with E-state index < -0.39 is 0 Å². The summed E-state index contributed by atoms with van der Waals surface area (Å²) in [6.45, 7) is 8.55. The highest BCUT2D eigenvalue weighted by Crippen LogP contribution is 2.47. The topological polar surface area (TPSA) is 30.7 Å². The van der Waals surface area contributed by atoms with Gasteiger partial charge < -0.3 is 0 Å². The molecule has 12 rings (SSSR count). The van der Waals surface area contributed by atoms with Crippen LogP contribution in [0.4, 0.5) is 0 Å². The van der Waals surface area contributed by atoms with Crippen molar-refractivity contribution in [3.05, 3.63) is 175 Å². The van der Waals surface area contributed by atoms with Crippen molar-refractivity contribution in [2.24, 2.45) is 0 Å². The normalized spacial score (nSPS) is 11.8. The van der Waals surface area contributed by atoms with Gasteiger partial charge in [-0.25, -0.2) is 9.97 Å². The monoisotopic (exact) mass is 761 g/mol. The Balaban J connectivity index is 0.00000190. The highest BCUT2D eigenvalue weighted by Gasteiger charge is 2.25.